The van der Waals surface area contributed by atoms with Gasteiger partial charge in [0, 0.05) is 64.8 Å². The SMILES string of the molecule is CCN(/C=C(/C#N)C(=O)N1CCN(C(C)=O)CC1)CCc1ccncc1. The number of nitrogens with zero attached hydrogens (tertiary/aromatic N) is 5. The minimum absolute atomic E-state index is 0.0152. The molecular formula is C19H25N5O2. The molecule has 2 heterocycles. The van der Waals surface area contributed by atoms with Crippen molar-refractivity contribution >= 4 is 11.8 Å². The predicted octanol–water partition coefficient (Wildman–Crippen LogP) is 1.04. The topological polar surface area (TPSA) is 80.5 Å². The van der Waals surface area contributed by atoms with E-state index in [-0.39, 0.29) is 17.4 Å². The van der Waals surface area contributed by atoms with Crippen molar-refractivity contribution in [2.45, 2.75) is 20.3 Å². The summed E-state index contributed by atoms with van der Waals surface area (Å²) in [5.41, 5.74) is 1.30. The van der Waals surface area contributed by atoms with Crippen LogP contribution in [0.1, 0.15) is 19.4 Å². The fraction of sp³-hybridized carbons (Fsp3) is 0.474. The van der Waals surface area contributed by atoms with Crippen molar-refractivity contribution in [1.29, 1.82) is 5.26 Å². The lowest BCUT2D eigenvalue weighted by Crippen LogP contribution is -2.50. The highest BCUT2D eigenvalue weighted by Crippen LogP contribution is 2.09. The van der Waals surface area contributed by atoms with Gasteiger partial charge in [0.05, 0.1) is 0 Å². The molecule has 0 spiro atoms. The van der Waals surface area contributed by atoms with Crippen LogP contribution >= 0.6 is 0 Å². The molecule has 0 radical (unpaired) electrons. The van der Waals surface area contributed by atoms with Crippen LogP contribution in [-0.4, -0.2) is 70.8 Å². The zero-order chi connectivity index (χ0) is 18.9. The Labute approximate surface area is 154 Å². The Hall–Kier alpha value is -2.88. The highest BCUT2D eigenvalue weighted by atomic mass is 16.2. The molecule has 138 valence electrons. The Bertz CT molecular complexity index is 688. The lowest BCUT2D eigenvalue weighted by molar-refractivity contribution is -0.136. The molecule has 0 N–H and O–H groups in total. The lowest BCUT2D eigenvalue weighted by Gasteiger charge is -2.34. The van der Waals surface area contributed by atoms with E-state index in [1.807, 2.05) is 30.0 Å². The van der Waals surface area contributed by atoms with Gasteiger partial charge in [-0.2, -0.15) is 5.26 Å². The summed E-state index contributed by atoms with van der Waals surface area (Å²) in [6.07, 6.45) is 5.98. The molecule has 0 unspecified atom stereocenters. The second-order valence-electron chi connectivity index (χ2n) is 6.19. The summed E-state index contributed by atoms with van der Waals surface area (Å²) in [4.78, 5) is 33.4. The molecular weight excluding hydrogens is 330 g/mol. The van der Waals surface area contributed by atoms with Gasteiger partial charge in [0.15, 0.2) is 0 Å². The van der Waals surface area contributed by atoms with Gasteiger partial charge in [-0.15, -0.1) is 0 Å². The zero-order valence-electron chi connectivity index (χ0n) is 15.4. The molecule has 1 fully saturated rings. The van der Waals surface area contributed by atoms with Gasteiger partial charge >= 0.3 is 0 Å². The summed E-state index contributed by atoms with van der Waals surface area (Å²) in [6, 6.07) is 5.96. The molecule has 0 saturated carbocycles. The van der Waals surface area contributed by atoms with Crippen molar-refractivity contribution in [2.24, 2.45) is 0 Å². The van der Waals surface area contributed by atoms with Crippen LogP contribution in [-0.2, 0) is 16.0 Å². The summed E-state index contributed by atoms with van der Waals surface area (Å²) in [6.45, 7) is 6.90. The minimum atomic E-state index is -0.266. The van der Waals surface area contributed by atoms with Crippen molar-refractivity contribution in [3.63, 3.8) is 0 Å². The summed E-state index contributed by atoms with van der Waals surface area (Å²) in [7, 11) is 0. The first-order chi connectivity index (χ1) is 12.5. The van der Waals surface area contributed by atoms with E-state index in [0.29, 0.717) is 32.7 Å². The number of aromatic nitrogens is 1. The molecule has 1 aliphatic heterocycles. The normalized spacial score (nSPS) is 14.7. The number of carbonyl (C=O) groups excluding carboxylic acids is 2. The van der Waals surface area contributed by atoms with Crippen LogP contribution in [0.15, 0.2) is 36.3 Å². The maximum atomic E-state index is 12.6. The molecule has 2 amide bonds. The lowest BCUT2D eigenvalue weighted by atomic mass is 10.2. The van der Waals surface area contributed by atoms with Gasteiger partial charge in [0.25, 0.3) is 5.91 Å². The molecule has 26 heavy (non-hydrogen) atoms. The molecule has 0 aromatic carbocycles. The number of nitriles is 1. The molecule has 0 bridgehead atoms. The molecule has 7 heteroatoms. The molecule has 1 aromatic rings. The number of amides is 2. The van der Waals surface area contributed by atoms with Crippen LogP contribution in [0.3, 0.4) is 0 Å². The van der Waals surface area contributed by atoms with E-state index in [9.17, 15) is 14.9 Å². The Morgan fingerprint density at radius 1 is 1.23 bits per heavy atom. The van der Waals surface area contributed by atoms with Crippen LogP contribution in [0.2, 0.25) is 0 Å². The maximum Gasteiger partial charge on any atom is 0.266 e. The molecule has 1 aliphatic rings. The largest absolute Gasteiger partial charge is 0.376 e. The van der Waals surface area contributed by atoms with Gasteiger partial charge in [0.2, 0.25) is 5.91 Å². The molecule has 7 nitrogen and oxygen atoms in total. The van der Waals surface area contributed by atoms with Gasteiger partial charge in [-0.1, -0.05) is 0 Å². The number of carbonyl (C=O) groups is 2. The van der Waals surface area contributed by atoms with E-state index < -0.39 is 0 Å². The van der Waals surface area contributed by atoms with E-state index in [4.69, 9.17) is 0 Å². The van der Waals surface area contributed by atoms with Gasteiger partial charge in [-0.3, -0.25) is 14.6 Å². The van der Waals surface area contributed by atoms with Crippen LogP contribution in [0.25, 0.3) is 0 Å². The van der Waals surface area contributed by atoms with E-state index in [0.717, 1.165) is 18.5 Å². The average Bonchev–Trinajstić information content (AvgIpc) is 2.68. The first-order valence-electron chi connectivity index (χ1n) is 8.84. The second-order valence-corrected chi connectivity index (χ2v) is 6.19. The number of likely N-dealkylation sites (N-methyl/N-ethyl adjacent to an activating group) is 1. The Morgan fingerprint density at radius 2 is 1.85 bits per heavy atom. The van der Waals surface area contributed by atoms with Crippen molar-refractivity contribution < 1.29 is 9.59 Å². The number of hydrogen-bond donors (Lipinski definition) is 0. The second kappa shape index (κ2) is 9.56. The molecule has 0 aliphatic carbocycles. The van der Waals surface area contributed by atoms with Crippen molar-refractivity contribution in [3.8, 4) is 6.07 Å². The monoisotopic (exact) mass is 355 g/mol. The summed E-state index contributed by atoms with van der Waals surface area (Å²) < 4.78 is 0. The van der Waals surface area contributed by atoms with Crippen molar-refractivity contribution in [3.05, 3.63) is 41.9 Å². The van der Waals surface area contributed by atoms with Crippen LogP contribution < -0.4 is 0 Å². The Morgan fingerprint density at radius 3 is 2.38 bits per heavy atom. The van der Waals surface area contributed by atoms with Crippen molar-refractivity contribution in [1.82, 2.24) is 19.7 Å². The van der Waals surface area contributed by atoms with Crippen LogP contribution in [0.4, 0.5) is 0 Å². The van der Waals surface area contributed by atoms with Crippen molar-refractivity contribution in [2.75, 3.05) is 39.3 Å². The quantitative estimate of drug-likeness (QED) is 0.563. The summed E-state index contributed by atoms with van der Waals surface area (Å²) in [5, 5.41) is 9.43. The van der Waals surface area contributed by atoms with Gasteiger partial charge < -0.3 is 14.7 Å². The van der Waals surface area contributed by atoms with Gasteiger partial charge in [-0.05, 0) is 31.0 Å². The molecule has 1 aromatic heterocycles. The Balaban J connectivity index is 1.97. The first kappa shape index (κ1) is 19.4. The molecule has 0 atom stereocenters. The Kier molecular flexibility index (Phi) is 7.15. The predicted molar refractivity (Wildman–Crippen MR) is 97.7 cm³/mol. The molecule has 1 saturated heterocycles. The van der Waals surface area contributed by atoms with E-state index >= 15 is 0 Å². The highest BCUT2D eigenvalue weighted by molar-refractivity contribution is 5.97. The number of pyridine rings is 1. The first-order valence-corrected chi connectivity index (χ1v) is 8.84. The van der Waals surface area contributed by atoms with E-state index in [2.05, 4.69) is 4.98 Å². The third-order valence-corrected chi connectivity index (χ3v) is 4.52. The number of piperazine rings is 1. The van der Waals surface area contributed by atoms with Gasteiger partial charge in [0.1, 0.15) is 11.6 Å². The third-order valence-electron chi connectivity index (χ3n) is 4.52. The summed E-state index contributed by atoms with van der Waals surface area (Å²) >= 11 is 0. The zero-order valence-corrected chi connectivity index (χ0v) is 15.4. The number of hydrogen-bond acceptors (Lipinski definition) is 5. The average molecular weight is 355 g/mol. The third kappa shape index (κ3) is 5.31. The highest BCUT2D eigenvalue weighted by Gasteiger charge is 2.25. The minimum Gasteiger partial charge on any atom is -0.376 e. The molecule has 2 rings (SSSR count). The number of rotatable bonds is 6. The van der Waals surface area contributed by atoms with Crippen LogP contribution in [0, 0.1) is 11.3 Å². The standard InChI is InChI=1S/C19H25N5O2/c1-3-22(9-6-17-4-7-21-8-5-17)15-18(14-20)19(26)24-12-10-23(11-13-24)16(2)25/h4-5,7-8,15H,3,6,9-13H2,1-2H3/b18-15-. The van der Waals surface area contributed by atoms with Crippen LogP contribution in [0.5, 0.6) is 0 Å². The van der Waals surface area contributed by atoms with E-state index in [1.165, 1.54) is 6.92 Å². The fourth-order valence-electron chi connectivity index (χ4n) is 2.85. The summed E-state index contributed by atoms with van der Waals surface area (Å²) in [5.74, 6) is -0.250. The van der Waals surface area contributed by atoms with E-state index in [1.54, 1.807) is 28.4 Å². The maximum absolute atomic E-state index is 12.6. The smallest absolute Gasteiger partial charge is 0.266 e. The van der Waals surface area contributed by atoms with Gasteiger partial charge in [-0.25, -0.2) is 0 Å². The fourth-order valence-corrected chi connectivity index (χ4v) is 2.85.